The van der Waals surface area contributed by atoms with Crippen molar-refractivity contribution in [2.45, 2.75) is 84.1 Å². The van der Waals surface area contributed by atoms with Gasteiger partial charge in [-0.2, -0.15) is 5.10 Å². The van der Waals surface area contributed by atoms with Gasteiger partial charge in [-0.15, -0.1) is 0 Å². The molecule has 2 fully saturated rings. The summed E-state index contributed by atoms with van der Waals surface area (Å²) >= 11 is 0. The Morgan fingerprint density at radius 2 is 1.81 bits per heavy atom. The van der Waals surface area contributed by atoms with Crippen molar-refractivity contribution >= 4 is 18.7 Å². The Bertz CT molecular complexity index is 964. The maximum absolute atomic E-state index is 12.8. The molecule has 0 radical (unpaired) electrons. The molecule has 3 rings (SSSR count). The first kappa shape index (κ1) is 12.1. The number of hydrogen-bond donors (Lipinski definition) is 0. The second kappa shape index (κ2) is 6.81. The van der Waals surface area contributed by atoms with E-state index in [0.29, 0.717) is 5.46 Å². The highest BCUT2D eigenvalue weighted by atomic mass is 16.7. The molecule has 0 bridgehead atoms. The van der Waals surface area contributed by atoms with Crippen molar-refractivity contribution in [3.8, 4) is 0 Å². The molecule has 0 saturated carbocycles. The van der Waals surface area contributed by atoms with Gasteiger partial charge in [0.15, 0.2) is 0 Å². The molecule has 0 atom stereocenters. The molecule has 7 nitrogen and oxygen atoms in total. The van der Waals surface area contributed by atoms with Crippen LogP contribution in [0.2, 0.25) is 0 Å². The van der Waals surface area contributed by atoms with Crippen LogP contribution in [0.3, 0.4) is 0 Å². The van der Waals surface area contributed by atoms with Gasteiger partial charge in [-0.3, -0.25) is 4.68 Å². The van der Waals surface area contributed by atoms with Crippen LogP contribution in [0, 0.1) is 0 Å². The molecule has 0 aliphatic carbocycles. The Hall–Kier alpha value is -1.54. The van der Waals surface area contributed by atoms with Crippen molar-refractivity contribution < 1.29 is 29.8 Å². The normalized spacial score (nSPS) is 34.8. The van der Waals surface area contributed by atoms with E-state index < -0.39 is 61.8 Å². The highest BCUT2D eigenvalue weighted by Gasteiger charge is 2.52. The SMILES string of the molecule is [2H]C1([2H])C(n2cc(B3OC(C)(C)C(C)(C)O3)cn2)C([2H])([2H])C([2H])([2H])N(C(=O)OC(C)(C)C)C1([2H])[2H]. The molecule has 0 N–H and O–H groups in total. The van der Waals surface area contributed by atoms with E-state index in [9.17, 15) is 4.79 Å². The van der Waals surface area contributed by atoms with Gasteiger partial charge in [0.25, 0.3) is 0 Å². The van der Waals surface area contributed by atoms with Crippen molar-refractivity contribution in [3.05, 3.63) is 12.4 Å². The highest BCUT2D eigenvalue weighted by molar-refractivity contribution is 6.62. The van der Waals surface area contributed by atoms with Crippen molar-refractivity contribution in [1.82, 2.24) is 14.7 Å². The second-order valence-electron chi connectivity index (χ2n) is 8.57. The molecular weight excluding hydrogens is 345 g/mol. The minimum atomic E-state index is -3.31. The van der Waals surface area contributed by atoms with E-state index >= 15 is 0 Å². The van der Waals surface area contributed by atoms with Crippen molar-refractivity contribution in [3.63, 3.8) is 0 Å². The average molecular weight is 385 g/mol. The molecule has 0 unspecified atom stereocenters. The summed E-state index contributed by atoms with van der Waals surface area (Å²) in [6.45, 7) is 5.16. The Morgan fingerprint density at radius 1 is 1.26 bits per heavy atom. The molecular formula is C19H32BN3O4. The number of piperidine rings is 1. The van der Waals surface area contributed by atoms with E-state index in [0.717, 1.165) is 4.68 Å². The lowest BCUT2D eigenvalue weighted by atomic mass is 9.82. The van der Waals surface area contributed by atoms with Crippen molar-refractivity contribution in [2.24, 2.45) is 0 Å². The topological polar surface area (TPSA) is 65.8 Å². The largest absolute Gasteiger partial charge is 0.498 e. The van der Waals surface area contributed by atoms with Crippen LogP contribution in [0.15, 0.2) is 12.4 Å². The summed E-state index contributed by atoms with van der Waals surface area (Å²) in [5.41, 5.74) is -2.20. The molecule has 0 aromatic carbocycles. The fraction of sp³-hybridized carbons (Fsp3) is 0.789. The van der Waals surface area contributed by atoms with Crippen LogP contribution in [-0.4, -0.2) is 57.7 Å². The minimum Gasteiger partial charge on any atom is -0.444 e. The zero-order valence-corrected chi connectivity index (χ0v) is 16.8. The van der Waals surface area contributed by atoms with Gasteiger partial charge in [-0.25, -0.2) is 4.79 Å². The van der Waals surface area contributed by atoms with Gasteiger partial charge in [0.2, 0.25) is 0 Å². The average Bonchev–Trinajstić information content (AvgIpc) is 3.13. The Labute approximate surface area is 173 Å². The Kier molecular flexibility index (Phi) is 3.06. The molecule has 27 heavy (non-hydrogen) atoms. The van der Waals surface area contributed by atoms with Crippen LogP contribution in [0.4, 0.5) is 4.79 Å². The summed E-state index contributed by atoms with van der Waals surface area (Å²) in [6.07, 6.45) is -5.27. The lowest BCUT2D eigenvalue weighted by molar-refractivity contribution is 0.00578. The standard InChI is InChI=1S/C19H32BN3O4/c1-17(2,3)25-16(24)22-10-8-15(9-11-22)23-13-14(12-21-23)20-26-18(4,5)19(6,7)27-20/h12-13,15H,8-11H2,1-7H3/i8D2,9D2,10D2,11D2. The lowest BCUT2D eigenvalue weighted by Gasteiger charge is -2.33. The quantitative estimate of drug-likeness (QED) is 0.733. The van der Waals surface area contributed by atoms with Crippen LogP contribution in [-0.2, 0) is 14.0 Å². The Balaban J connectivity index is 2.07. The molecule has 2 aliphatic heterocycles. The maximum atomic E-state index is 12.8. The first-order valence-corrected chi connectivity index (χ1v) is 8.83. The fourth-order valence-corrected chi connectivity index (χ4v) is 2.44. The summed E-state index contributed by atoms with van der Waals surface area (Å²) < 4.78 is 85.8. The number of nitrogens with zero attached hydrogens (tertiary/aromatic N) is 3. The maximum Gasteiger partial charge on any atom is 0.498 e. The number of rotatable bonds is 2. The van der Waals surface area contributed by atoms with Crippen LogP contribution < -0.4 is 5.46 Å². The number of aromatic nitrogens is 2. The minimum absolute atomic E-state index is 0.125. The summed E-state index contributed by atoms with van der Waals surface area (Å²) in [4.78, 5) is 12.7. The van der Waals surface area contributed by atoms with Gasteiger partial charge >= 0.3 is 13.2 Å². The van der Waals surface area contributed by atoms with Crippen LogP contribution in [0.5, 0.6) is 0 Å². The molecule has 2 aliphatic rings. The summed E-state index contributed by atoms with van der Waals surface area (Å²) in [5.74, 6) is 0. The fourth-order valence-electron chi connectivity index (χ4n) is 2.44. The smallest absolute Gasteiger partial charge is 0.444 e. The molecule has 150 valence electrons. The number of carbonyl (C=O) groups excluding carboxylic acids is 1. The van der Waals surface area contributed by atoms with Gasteiger partial charge < -0.3 is 18.9 Å². The van der Waals surface area contributed by atoms with Gasteiger partial charge in [0, 0.05) is 41.8 Å². The predicted molar refractivity (Wildman–Crippen MR) is 104 cm³/mol. The number of likely N-dealkylation sites (tertiary alicyclic amines) is 1. The van der Waals surface area contributed by atoms with E-state index in [1.807, 2.05) is 27.7 Å². The van der Waals surface area contributed by atoms with Gasteiger partial charge in [0.05, 0.1) is 17.2 Å². The zero-order valence-electron chi connectivity index (χ0n) is 24.8. The molecule has 3 heterocycles. The number of carbonyl (C=O) groups is 1. The third kappa shape index (κ3) is 4.32. The highest BCUT2D eigenvalue weighted by Crippen LogP contribution is 2.36. The molecule has 1 aromatic rings. The van der Waals surface area contributed by atoms with E-state index in [1.54, 1.807) is 0 Å². The molecule has 8 heteroatoms. The molecule has 0 spiro atoms. The van der Waals surface area contributed by atoms with Crippen molar-refractivity contribution in [1.29, 1.82) is 0 Å². The van der Waals surface area contributed by atoms with Gasteiger partial charge in [0.1, 0.15) is 5.60 Å². The first-order valence-electron chi connectivity index (χ1n) is 12.8. The second-order valence-corrected chi connectivity index (χ2v) is 8.57. The number of hydrogen-bond acceptors (Lipinski definition) is 5. The molecule has 1 aromatic heterocycles. The Morgan fingerprint density at radius 3 is 2.33 bits per heavy atom. The van der Waals surface area contributed by atoms with Gasteiger partial charge in [-0.1, -0.05) is 0 Å². The third-order valence-corrected chi connectivity index (χ3v) is 4.61. The monoisotopic (exact) mass is 385 g/mol. The number of amides is 1. The van der Waals surface area contributed by atoms with Crippen LogP contribution in [0.1, 0.15) is 78.2 Å². The third-order valence-electron chi connectivity index (χ3n) is 4.61. The zero-order chi connectivity index (χ0) is 27.2. The summed E-state index contributed by atoms with van der Waals surface area (Å²) in [6, 6.07) is -2.10. The lowest BCUT2D eigenvalue weighted by Crippen LogP contribution is -2.42. The van der Waals surface area contributed by atoms with E-state index in [1.165, 1.54) is 33.2 Å². The van der Waals surface area contributed by atoms with E-state index in [4.69, 9.17) is 25.0 Å². The van der Waals surface area contributed by atoms with E-state index in [2.05, 4.69) is 5.10 Å². The molecule has 2 saturated heterocycles. The predicted octanol–water partition coefficient (Wildman–Crippen LogP) is 2.75. The number of ether oxygens (including phenoxy) is 1. The van der Waals surface area contributed by atoms with Crippen LogP contribution in [0.25, 0.3) is 0 Å². The molecule has 1 amide bonds. The first-order chi connectivity index (χ1) is 15.4. The van der Waals surface area contributed by atoms with Gasteiger partial charge in [-0.05, 0) is 61.2 Å². The summed E-state index contributed by atoms with van der Waals surface area (Å²) in [7, 11) is -0.902. The van der Waals surface area contributed by atoms with E-state index in [-0.39, 0.29) is 4.90 Å². The van der Waals surface area contributed by atoms with Crippen molar-refractivity contribution in [2.75, 3.05) is 13.0 Å². The summed E-state index contributed by atoms with van der Waals surface area (Å²) in [5, 5.41) is 4.04. The van der Waals surface area contributed by atoms with Crippen LogP contribution >= 0.6 is 0 Å².